The van der Waals surface area contributed by atoms with Gasteiger partial charge in [-0.05, 0) is 6.42 Å². The summed E-state index contributed by atoms with van der Waals surface area (Å²) in [5, 5.41) is 12.4. The first-order valence-electron chi connectivity index (χ1n) is 4.85. The van der Waals surface area contributed by atoms with Gasteiger partial charge in [0.25, 0.3) is 0 Å². The Labute approximate surface area is 93.7 Å². The Bertz CT molecular complexity index is 332. The SMILES string of the molecule is CCCCNc1nc(N)nc(Cl)c1CO. The molecule has 1 aromatic heterocycles. The van der Waals surface area contributed by atoms with Crippen LogP contribution in [0.2, 0.25) is 5.15 Å². The maximum Gasteiger partial charge on any atom is 0.223 e. The zero-order chi connectivity index (χ0) is 11.3. The van der Waals surface area contributed by atoms with Gasteiger partial charge < -0.3 is 16.2 Å². The molecule has 0 saturated heterocycles. The summed E-state index contributed by atoms with van der Waals surface area (Å²) in [5.41, 5.74) is 5.95. The minimum absolute atomic E-state index is 0.108. The standard InChI is InChI=1S/C9H15ClN4O/c1-2-3-4-12-8-6(5-15)7(10)13-9(11)14-8/h15H,2-5H2,1H3,(H3,11,12,13,14). The van der Waals surface area contributed by atoms with E-state index in [0.29, 0.717) is 11.4 Å². The molecule has 0 amide bonds. The maximum absolute atomic E-state index is 9.10. The molecule has 0 aliphatic heterocycles. The molecule has 6 heteroatoms. The molecule has 0 aliphatic rings. The van der Waals surface area contributed by atoms with Gasteiger partial charge in [0.1, 0.15) is 11.0 Å². The van der Waals surface area contributed by atoms with Gasteiger partial charge in [-0.15, -0.1) is 0 Å². The van der Waals surface area contributed by atoms with Crippen molar-refractivity contribution in [3.05, 3.63) is 10.7 Å². The van der Waals surface area contributed by atoms with Gasteiger partial charge in [-0.25, -0.2) is 4.98 Å². The predicted molar refractivity (Wildman–Crippen MR) is 60.8 cm³/mol. The van der Waals surface area contributed by atoms with E-state index in [9.17, 15) is 0 Å². The van der Waals surface area contributed by atoms with Crippen LogP contribution in [0.1, 0.15) is 25.3 Å². The molecule has 0 radical (unpaired) electrons. The third kappa shape index (κ3) is 3.21. The van der Waals surface area contributed by atoms with Gasteiger partial charge in [-0.1, -0.05) is 24.9 Å². The monoisotopic (exact) mass is 230 g/mol. The van der Waals surface area contributed by atoms with Crippen molar-refractivity contribution in [1.82, 2.24) is 9.97 Å². The number of aliphatic hydroxyl groups is 1. The highest BCUT2D eigenvalue weighted by Crippen LogP contribution is 2.21. The Morgan fingerprint density at radius 2 is 2.20 bits per heavy atom. The first kappa shape index (κ1) is 12.0. The van der Waals surface area contributed by atoms with Crippen LogP contribution in [0.3, 0.4) is 0 Å². The average Bonchev–Trinajstić information content (AvgIpc) is 2.17. The predicted octanol–water partition coefficient (Wildman–Crippen LogP) is 1.42. The van der Waals surface area contributed by atoms with E-state index in [2.05, 4.69) is 22.2 Å². The number of rotatable bonds is 5. The number of nitrogens with two attached hydrogens (primary N) is 1. The molecule has 0 unspecified atom stereocenters. The molecule has 1 aromatic rings. The highest BCUT2D eigenvalue weighted by atomic mass is 35.5. The lowest BCUT2D eigenvalue weighted by Gasteiger charge is -2.10. The summed E-state index contributed by atoms with van der Waals surface area (Å²) in [6, 6.07) is 0. The molecule has 0 aromatic carbocycles. The first-order valence-corrected chi connectivity index (χ1v) is 5.23. The Morgan fingerprint density at radius 1 is 1.47 bits per heavy atom. The van der Waals surface area contributed by atoms with Crippen LogP contribution in [-0.4, -0.2) is 21.6 Å². The van der Waals surface area contributed by atoms with Crippen LogP contribution < -0.4 is 11.1 Å². The first-order chi connectivity index (χ1) is 7.19. The molecular weight excluding hydrogens is 216 g/mol. The summed E-state index contributed by atoms with van der Waals surface area (Å²) in [7, 11) is 0. The Balaban J connectivity index is 2.84. The molecular formula is C9H15ClN4O. The number of halogens is 1. The van der Waals surface area contributed by atoms with Gasteiger partial charge in [-0.2, -0.15) is 4.98 Å². The lowest BCUT2D eigenvalue weighted by Crippen LogP contribution is -2.09. The second kappa shape index (κ2) is 5.72. The molecule has 1 rings (SSSR count). The molecule has 0 bridgehead atoms. The van der Waals surface area contributed by atoms with Crippen molar-refractivity contribution < 1.29 is 5.11 Å². The van der Waals surface area contributed by atoms with E-state index in [0.717, 1.165) is 19.4 Å². The molecule has 0 fully saturated rings. The fourth-order valence-electron chi connectivity index (χ4n) is 1.14. The van der Waals surface area contributed by atoms with Crippen molar-refractivity contribution in [3.8, 4) is 0 Å². The van der Waals surface area contributed by atoms with Gasteiger partial charge in [0, 0.05) is 6.54 Å². The minimum atomic E-state index is -0.201. The minimum Gasteiger partial charge on any atom is -0.391 e. The van der Waals surface area contributed by atoms with Crippen LogP contribution in [-0.2, 0) is 6.61 Å². The van der Waals surface area contributed by atoms with E-state index in [1.165, 1.54) is 0 Å². The van der Waals surface area contributed by atoms with Crippen LogP contribution in [0.15, 0.2) is 0 Å². The quantitative estimate of drug-likeness (QED) is 0.526. The number of unbranched alkanes of at least 4 members (excludes halogenated alkanes) is 1. The van der Waals surface area contributed by atoms with E-state index < -0.39 is 0 Å². The zero-order valence-corrected chi connectivity index (χ0v) is 9.38. The summed E-state index contributed by atoms with van der Waals surface area (Å²) in [5.74, 6) is 0.625. The fraction of sp³-hybridized carbons (Fsp3) is 0.556. The highest BCUT2D eigenvalue weighted by Gasteiger charge is 2.10. The van der Waals surface area contributed by atoms with E-state index in [-0.39, 0.29) is 17.7 Å². The van der Waals surface area contributed by atoms with Gasteiger partial charge in [0.15, 0.2) is 0 Å². The second-order valence-electron chi connectivity index (χ2n) is 3.14. The number of nitrogen functional groups attached to an aromatic ring is 1. The van der Waals surface area contributed by atoms with Crippen LogP contribution in [0.4, 0.5) is 11.8 Å². The number of aromatic nitrogens is 2. The molecule has 0 aliphatic carbocycles. The van der Waals surface area contributed by atoms with Crippen LogP contribution in [0.25, 0.3) is 0 Å². The number of aliphatic hydroxyl groups excluding tert-OH is 1. The van der Waals surface area contributed by atoms with Crippen molar-refractivity contribution in [3.63, 3.8) is 0 Å². The fourth-order valence-corrected chi connectivity index (χ4v) is 1.38. The van der Waals surface area contributed by atoms with Crippen LogP contribution in [0.5, 0.6) is 0 Å². The van der Waals surface area contributed by atoms with Crippen molar-refractivity contribution in [2.45, 2.75) is 26.4 Å². The molecule has 0 saturated carbocycles. The Hall–Kier alpha value is -1.07. The molecule has 0 atom stereocenters. The number of nitrogens with one attached hydrogen (secondary N) is 1. The molecule has 0 spiro atoms. The van der Waals surface area contributed by atoms with Crippen LogP contribution >= 0.6 is 11.6 Å². The third-order valence-corrected chi connectivity index (χ3v) is 2.27. The summed E-state index contributed by atoms with van der Waals surface area (Å²) in [6.07, 6.45) is 2.10. The third-order valence-electron chi connectivity index (χ3n) is 1.95. The smallest absolute Gasteiger partial charge is 0.223 e. The number of anilines is 2. The summed E-state index contributed by atoms with van der Waals surface area (Å²) in [4.78, 5) is 7.75. The maximum atomic E-state index is 9.10. The van der Waals surface area contributed by atoms with E-state index >= 15 is 0 Å². The van der Waals surface area contributed by atoms with E-state index in [1.54, 1.807) is 0 Å². The normalized spacial score (nSPS) is 10.3. The number of hydrogen-bond donors (Lipinski definition) is 3. The second-order valence-corrected chi connectivity index (χ2v) is 3.50. The average molecular weight is 231 g/mol. The van der Waals surface area contributed by atoms with Gasteiger partial charge in [0.05, 0.1) is 12.2 Å². The molecule has 5 nitrogen and oxygen atoms in total. The Morgan fingerprint density at radius 3 is 2.80 bits per heavy atom. The van der Waals surface area contributed by atoms with Gasteiger partial charge in [-0.3, -0.25) is 0 Å². The van der Waals surface area contributed by atoms with Gasteiger partial charge in [0.2, 0.25) is 5.95 Å². The summed E-state index contributed by atoms with van der Waals surface area (Å²) < 4.78 is 0. The lowest BCUT2D eigenvalue weighted by molar-refractivity contribution is 0.281. The largest absolute Gasteiger partial charge is 0.391 e. The molecule has 15 heavy (non-hydrogen) atoms. The highest BCUT2D eigenvalue weighted by molar-refractivity contribution is 6.30. The zero-order valence-electron chi connectivity index (χ0n) is 8.63. The number of nitrogens with zero attached hydrogens (tertiary/aromatic N) is 2. The molecule has 84 valence electrons. The topological polar surface area (TPSA) is 84.1 Å². The lowest BCUT2D eigenvalue weighted by atomic mass is 10.3. The molecule has 4 N–H and O–H groups in total. The van der Waals surface area contributed by atoms with E-state index in [4.69, 9.17) is 22.4 Å². The van der Waals surface area contributed by atoms with Crippen molar-refractivity contribution in [2.24, 2.45) is 0 Å². The van der Waals surface area contributed by atoms with Crippen molar-refractivity contribution in [2.75, 3.05) is 17.6 Å². The number of hydrogen-bond acceptors (Lipinski definition) is 5. The van der Waals surface area contributed by atoms with Crippen molar-refractivity contribution in [1.29, 1.82) is 0 Å². The van der Waals surface area contributed by atoms with E-state index in [1.807, 2.05) is 0 Å². The Kier molecular flexibility index (Phi) is 4.58. The molecule has 1 heterocycles. The summed E-state index contributed by atoms with van der Waals surface area (Å²) >= 11 is 5.82. The van der Waals surface area contributed by atoms with Crippen LogP contribution in [0, 0.1) is 0 Å². The van der Waals surface area contributed by atoms with Crippen molar-refractivity contribution >= 4 is 23.4 Å². The van der Waals surface area contributed by atoms with Gasteiger partial charge >= 0.3 is 0 Å². The summed E-state index contributed by atoms with van der Waals surface area (Å²) in [6.45, 7) is 2.67.